The fourth-order valence-electron chi connectivity index (χ4n) is 7.04. The number of hydrogen-bond acceptors (Lipinski definition) is 15. The quantitative estimate of drug-likeness (QED) is 0.222. The third kappa shape index (κ3) is 19.7. The van der Waals surface area contributed by atoms with E-state index in [1.165, 1.54) is 0 Å². The molecule has 0 aromatic carbocycles. The summed E-state index contributed by atoms with van der Waals surface area (Å²) in [5.74, 6) is 0. The Kier molecular flexibility index (Phi) is 21.1. The highest BCUT2D eigenvalue weighted by Gasteiger charge is 2.49. The van der Waals surface area contributed by atoms with Crippen molar-refractivity contribution in [3.05, 3.63) is 0 Å². The van der Waals surface area contributed by atoms with Crippen LogP contribution in [0.2, 0.25) is 148 Å². The van der Waals surface area contributed by atoms with Crippen LogP contribution < -0.4 is 0 Å². The van der Waals surface area contributed by atoms with Crippen molar-refractivity contribution in [2.45, 2.75) is 148 Å². The zero-order chi connectivity index (χ0) is 40.7. The first-order valence-corrected chi connectivity index (χ1v) is 55.5. The molecule has 15 nitrogen and oxygen atoms in total. The van der Waals surface area contributed by atoms with Crippen molar-refractivity contribution in [1.82, 2.24) is 0 Å². The molecular weight excluding hydrogens is 966 g/mol. The molecular formula is C23H72O15Si16. The zero-order valence-corrected chi connectivity index (χ0v) is 53.5. The second kappa shape index (κ2) is 22.3. The highest BCUT2D eigenvalue weighted by Crippen LogP contribution is 2.34. The van der Waals surface area contributed by atoms with Gasteiger partial charge in [0, 0.05) is 0 Å². The van der Waals surface area contributed by atoms with Crippen molar-refractivity contribution in [1.29, 1.82) is 0 Å². The minimum atomic E-state index is -2.88. The van der Waals surface area contributed by atoms with E-state index < -0.39 is 144 Å². The van der Waals surface area contributed by atoms with Gasteiger partial charge in [0.2, 0.25) is 0 Å². The lowest BCUT2D eigenvalue weighted by Crippen LogP contribution is -2.59. The second-order valence-electron chi connectivity index (χ2n) is 16.4. The smallest absolute Gasteiger partial charge is 0.365 e. The molecule has 0 N–H and O–H groups in total. The topological polar surface area (TPSA) is 138 Å². The third-order valence-electron chi connectivity index (χ3n) is 8.69. The predicted molar refractivity (Wildman–Crippen MR) is 249 cm³/mol. The Hall–Kier alpha value is 2.87. The van der Waals surface area contributed by atoms with Gasteiger partial charge in [-0.25, -0.2) is 0 Å². The van der Waals surface area contributed by atoms with Gasteiger partial charge in [0.05, 0.1) is 0 Å². The Morgan fingerprint density at radius 3 is 1.15 bits per heavy atom. The van der Waals surface area contributed by atoms with E-state index in [-0.39, 0.29) is 0 Å². The molecule has 0 aromatic heterocycles. The van der Waals surface area contributed by atoms with E-state index in [9.17, 15) is 0 Å². The van der Waals surface area contributed by atoms with Crippen LogP contribution in [0.4, 0.5) is 0 Å². The van der Waals surface area contributed by atoms with Crippen LogP contribution >= 0.6 is 0 Å². The van der Waals surface area contributed by atoms with Crippen molar-refractivity contribution in [3.8, 4) is 0 Å². The molecule has 3 saturated heterocycles. The van der Waals surface area contributed by atoms with Gasteiger partial charge >= 0.3 is 44.3 Å². The first-order valence-electron chi connectivity index (χ1n) is 19.5. The molecule has 7 unspecified atom stereocenters. The van der Waals surface area contributed by atoms with Crippen LogP contribution in [0.1, 0.15) is 0 Å². The fourth-order valence-corrected chi connectivity index (χ4v) is 70.3. The van der Waals surface area contributed by atoms with Gasteiger partial charge < -0.3 is 61.7 Å². The van der Waals surface area contributed by atoms with E-state index in [0.717, 1.165) is 36.3 Å². The molecule has 3 heterocycles. The summed E-state index contributed by atoms with van der Waals surface area (Å²) in [5, 5.41) is 0. The molecule has 31 heteroatoms. The van der Waals surface area contributed by atoms with E-state index in [1.54, 1.807) is 0 Å². The Labute approximate surface area is 351 Å². The lowest BCUT2D eigenvalue weighted by atomic mass is 10.9. The Morgan fingerprint density at radius 2 is 0.778 bits per heavy atom. The highest BCUT2D eigenvalue weighted by molar-refractivity contribution is 6.91. The van der Waals surface area contributed by atoms with E-state index in [0.29, 0.717) is 0 Å². The summed E-state index contributed by atoms with van der Waals surface area (Å²) < 4.78 is 98.0. The largest absolute Gasteiger partial charge is 0.436 e. The molecule has 2 radical (unpaired) electrons. The van der Waals surface area contributed by atoms with Crippen LogP contribution in [0.5, 0.6) is 0 Å². The monoisotopic (exact) mass is 1040 g/mol. The van der Waals surface area contributed by atoms with Crippen LogP contribution in [-0.4, -0.2) is 144 Å². The molecule has 0 aromatic rings. The van der Waals surface area contributed by atoms with Crippen molar-refractivity contribution < 1.29 is 61.7 Å². The Balaban J connectivity index is 1.76. The molecule has 7 atom stereocenters. The molecule has 3 aliphatic rings. The summed E-state index contributed by atoms with van der Waals surface area (Å²) in [4.78, 5) is 0. The van der Waals surface area contributed by atoms with Crippen molar-refractivity contribution in [3.63, 3.8) is 0 Å². The van der Waals surface area contributed by atoms with Gasteiger partial charge in [-0.2, -0.15) is 0 Å². The van der Waals surface area contributed by atoms with Gasteiger partial charge in [-0.15, -0.1) is 0 Å². The summed E-state index contributed by atoms with van der Waals surface area (Å²) in [6, 6.07) is 4.99. The standard InChI is InChI=1S/C23H72O15Si16/c1-39-24-42(4)30-48(31-43(5)25-39)18-20-50(10,11)36-52(14,15)38-54(17,23-22-53(16)34-46(8)28-41(3)29-47(9)35-53)37-51(12,13)21-19-49-32-44(6)26-40(2)27-45(7)33-49/h39-47H,18-23H2,1-17H3. The lowest BCUT2D eigenvalue weighted by Gasteiger charge is -2.44. The van der Waals surface area contributed by atoms with Crippen molar-refractivity contribution in [2.75, 3.05) is 0 Å². The van der Waals surface area contributed by atoms with Crippen LogP contribution in [0, 0.1) is 0 Å². The van der Waals surface area contributed by atoms with Crippen LogP contribution in [0.3, 0.4) is 0 Å². The molecule has 0 spiro atoms. The maximum atomic E-state index is 7.40. The SMILES string of the molecule is C[SiH]1O[Si](CC[Si](C)(C)O[Si](C)(C)O[Si](C)(CC[Si]2(C)O[SiH](C)O[SiH](C)O[SiH](C)O2)O[Si](C)(C)CC[Si]2O[SiH](C)O[SiH](C)O[SiH](C)O2)O[SiH](C)O[SiH](C)O1. The van der Waals surface area contributed by atoms with E-state index in [1.807, 2.05) is 0 Å². The van der Waals surface area contributed by atoms with E-state index in [2.05, 4.69) is 111 Å². The van der Waals surface area contributed by atoms with E-state index >= 15 is 0 Å². The third-order valence-corrected chi connectivity index (χ3v) is 63.1. The molecule has 3 aliphatic heterocycles. The van der Waals surface area contributed by atoms with Gasteiger partial charge in [-0.05, 0) is 148 Å². The predicted octanol–water partition coefficient (Wildman–Crippen LogP) is 3.16. The minimum absolute atomic E-state index is 0.744. The molecule has 54 heavy (non-hydrogen) atoms. The average Bonchev–Trinajstić information content (AvgIpc) is 2.93. The first kappa shape index (κ1) is 51.2. The van der Waals surface area contributed by atoms with Gasteiger partial charge in [0.1, 0.15) is 0 Å². The molecule has 0 bridgehead atoms. The molecule has 3 fully saturated rings. The number of rotatable bonds is 15. The summed E-state index contributed by atoms with van der Waals surface area (Å²) in [6.45, 7) is 36.6. The molecule has 318 valence electrons. The lowest BCUT2D eigenvalue weighted by molar-refractivity contribution is 0.272. The molecule has 0 saturated carbocycles. The maximum Gasteiger partial charge on any atom is 0.365 e. The first-order chi connectivity index (χ1) is 24.7. The maximum absolute atomic E-state index is 7.40. The second-order valence-corrected chi connectivity index (χ2v) is 60.1. The zero-order valence-electron chi connectivity index (χ0n) is 36.1. The van der Waals surface area contributed by atoms with Gasteiger partial charge in [0.25, 0.3) is 83.6 Å². The molecule has 3 rings (SSSR count). The summed E-state index contributed by atoms with van der Waals surface area (Å²) >= 11 is 0. The van der Waals surface area contributed by atoms with Crippen LogP contribution in [0.25, 0.3) is 0 Å². The number of hydrogen-bond donors (Lipinski definition) is 0. The summed E-state index contributed by atoms with van der Waals surface area (Å²) in [5.41, 5.74) is 0. The Morgan fingerprint density at radius 1 is 0.444 bits per heavy atom. The average molecular weight is 1040 g/mol. The van der Waals surface area contributed by atoms with Crippen molar-refractivity contribution in [2.24, 2.45) is 0 Å². The van der Waals surface area contributed by atoms with Crippen LogP contribution in [-0.2, 0) is 61.7 Å². The minimum Gasteiger partial charge on any atom is -0.436 e. The van der Waals surface area contributed by atoms with E-state index in [4.69, 9.17) is 61.7 Å². The van der Waals surface area contributed by atoms with Gasteiger partial charge in [-0.1, -0.05) is 0 Å². The van der Waals surface area contributed by atoms with Gasteiger partial charge in [-0.3, -0.25) is 0 Å². The van der Waals surface area contributed by atoms with Gasteiger partial charge in [0.15, 0.2) is 16.6 Å². The normalized spacial score (nSPS) is 36.3. The Bertz CT molecular complexity index is 1100. The highest BCUT2D eigenvalue weighted by atomic mass is 28.5. The molecule has 0 amide bonds. The summed E-state index contributed by atoms with van der Waals surface area (Å²) in [7, 11) is -31.8. The molecule has 0 aliphatic carbocycles. The summed E-state index contributed by atoms with van der Waals surface area (Å²) in [6.07, 6.45) is 0. The van der Waals surface area contributed by atoms with Crippen molar-refractivity contribution >= 4 is 144 Å². The van der Waals surface area contributed by atoms with Crippen LogP contribution in [0.15, 0.2) is 0 Å². The fraction of sp³-hybridized carbons (Fsp3) is 1.00.